The Hall–Kier alpha value is -1.49. The highest BCUT2D eigenvalue weighted by Crippen LogP contribution is 2.28. The third kappa shape index (κ3) is 1.48. The van der Waals surface area contributed by atoms with Gasteiger partial charge in [0.15, 0.2) is 0 Å². The molecule has 5 heteroatoms. The maximum Gasteiger partial charge on any atom is 0.254 e. The molecule has 0 atom stereocenters. The van der Waals surface area contributed by atoms with Crippen LogP contribution in [0.2, 0.25) is 0 Å². The first-order chi connectivity index (χ1) is 7.77. The lowest BCUT2D eigenvalue weighted by Gasteiger charge is -2.27. The molecule has 2 aromatic rings. The zero-order valence-corrected chi connectivity index (χ0v) is 9.72. The molecular weight excluding hydrogens is 202 g/mol. The van der Waals surface area contributed by atoms with Crippen LogP contribution in [0, 0.1) is 0 Å². The first kappa shape index (κ1) is 11.0. The molecule has 0 radical (unpaired) electrons. The van der Waals surface area contributed by atoms with E-state index in [4.69, 9.17) is 5.73 Å². The summed E-state index contributed by atoms with van der Waals surface area (Å²) in [7, 11) is 0. The highest BCUT2D eigenvalue weighted by atomic mass is 15.3. The van der Waals surface area contributed by atoms with Gasteiger partial charge in [0.25, 0.3) is 5.78 Å². The minimum absolute atomic E-state index is 0.0948. The number of fused-ring (bicyclic) bond motifs is 1. The van der Waals surface area contributed by atoms with E-state index in [1.807, 2.05) is 16.7 Å². The number of hydrogen-bond donors (Lipinski definition) is 1. The van der Waals surface area contributed by atoms with E-state index < -0.39 is 0 Å². The highest BCUT2D eigenvalue weighted by molar-refractivity contribution is 5.29. The van der Waals surface area contributed by atoms with E-state index in [1.54, 1.807) is 6.20 Å². The zero-order chi connectivity index (χ0) is 11.6. The van der Waals surface area contributed by atoms with Crippen LogP contribution < -0.4 is 5.73 Å². The van der Waals surface area contributed by atoms with Gasteiger partial charge in [-0.15, -0.1) is 10.2 Å². The number of rotatable bonds is 4. The van der Waals surface area contributed by atoms with Crippen LogP contribution in [0.1, 0.15) is 32.5 Å². The van der Waals surface area contributed by atoms with Crippen molar-refractivity contribution in [3.63, 3.8) is 0 Å². The van der Waals surface area contributed by atoms with Gasteiger partial charge in [0.05, 0.1) is 0 Å². The Bertz CT molecular complexity index is 464. The van der Waals surface area contributed by atoms with Crippen LogP contribution in [-0.4, -0.2) is 26.1 Å². The van der Waals surface area contributed by atoms with E-state index in [1.165, 1.54) is 0 Å². The predicted octanol–water partition coefficient (Wildman–Crippen LogP) is 1.14. The summed E-state index contributed by atoms with van der Waals surface area (Å²) in [4.78, 5) is 4.17. The van der Waals surface area contributed by atoms with E-state index in [0.29, 0.717) is 12.3 Å². The second-order valence-corrected chi connectivity index (χ2v) is 4.00. The molecule has 0 aliphatic carbocycles. The highest BCUT2D eigenvalue weighted by Gasteiger charge is 2.32. The molecule has 0 aromatic carbocycles. The van der Waals surface area contributed by atoms with Crippen molar-refractivity contribution in [1.29, 1.82) is 0 Å². The second-order valence-electron chi connectivity index (χ2n) is 4.00. The van der Waals surface area contributed by atoms with Gasteiger partial charge in [-0.05, 0) is 18.9 Å². The van der Waals surface area contributed by atoms with Crippen LogP contribution >= 0.6 is 0 Å². The van der Waals surface area contributed by atoms with Crippen LogP contribution in [0.5, 0.6) is 0 Å². The standard InChI is InChI=1S/C11H17N5/c1-3-11(4-2,8-12)9-14-15-10-13-6-5-7-16(9)10/h5-7H,3-4,8,12H2,1-2H3. The van der Waals surface area contributed by atoms with Crippen LogP contribution in [0.15, 0.2) is 18.5 Å². The summed E-state index contributed by atoms with van der Waals surface area (Å²) in [5.41, 5.74) is 5.81. The molecule has 0 saturated carbocycles. The lowest BCUT2D eigenvalue weighted by molar-refractivity contribution is 0.379. The van der Waals surface area contributed by atoms with E-state index in [-0.39, 0.29) is 5.41 Å². The van der Waals surface area contributed by atoms with Gasteiger partial charge in [-0.2, -0.15) is 0 Å². The molecule has 86 valence electrons. The first-order valence-electron chi connectivity index (χ1n) is 5.63. The van der Waals surface area contributed by atoms with E-state index in [2.05, 4.69) is 29.0 Å². The van der Waals surface area contributed by atoms with Gasteiger partial charge in [-0.3, -0.25) is 4.40 Å². The SMILES string of the molecule is CCC(CC)(CN)c1nnc2ncccn12. The lowest BCUT2D eigenvalue weighted by Crippen LogP contribution is -2.36. The maximum absolute atomic E-state index is 5.91. The van der Waals surface area contributed by atoms with Gasteiger partial charge in [-0.25, -0.2) is 4.98 Å². The van der Waals surface area contributed by atoms with Gasteiger partial charge in [0, 0.05) is 24.4 Å². The molecule has 0 aliphatic heterocycles. The Kier molecular flexibility index (Phi) is 2.87. The van der Waals surface area contributed by atoms with Crippen LogP contribution in [0.4, 0.5) is 0 Å². The minimum Gasteiger partial charge on any atom is -0.329 e. The second kappa shape index (κ2) is 4.17. The summed E-state index contributed by atoms with van der Waals surface area (Å²) in [5, 5.41) is 8.33. The molecule has 0 spiro atoms. The monoisotopic (exact) mass is 219 g/mol. The minimum atomic E-state index is -0.0948. The molecule has 0 amide bonds. The maximum atomic E-state index is 5.91. The van der Waals surface area contributed by atoms with E-state index in [9.17, 15) is 0 Å². The van der Waals surface area contributed by atoms with Crippen molar-refractivity contribution < 1.29 is 0 Å². The van der Waals surface area contributed by atoms with E-state index >= 15 is 0 Å². The quantitative estimate of drug-likeness (QED) is 0.837. The van der Waals surface area contributed by atoms with Crippen molar-refractivity contribution in [2.75, 3.05) is 6.54 Å². The molecule has 0 unspecified atom stereocenters. The molecule has 2 N–H and O–H groups in total. The summed E-state index contributed by atoms with van der Waals surface area (Å²) >= 11 is 0. The fraction of sp³-hybridized carbons (Fsp3) is 0.545. The summed E-state index contributed by atoms with van der Waals surface area (Å²) in [5.74, 6) is 1.56. The van der Waals surface area contributed by atoms with Crippen LogP contribution in [0.3, 0.4) is 0 Å². The van der Waals surface area contributed by atoms with Crippen molar-refractivity contribution in [3.8, 4) is 0 Å². The van der Waals surface area contributed by atoms with Crippen molar-refractivity contribution in [2.24, 2.45) is 5.73 Å². The molecule has 0 saturated heterocycles. The molecular formula is C11H17N5. The number of aromatic nitrogens is 4. The Morgan fingerprint density at radius 3 is 2.69 bits per heavy atom. The fourth-order valence-corrected chi connectivity index (χ4v) is 2.05. The van der Waals surface area contributed by atoms with Crippen molar-refractivity contribution in [1.82, 2.24) is 19.6 Å². The van der Waals surface area contributed by atoms with Gasteiger partial charge in [0.2, 0.25) is 0 Å². The predicted molar refractivity (Wildman–Crippen MR) is 62.1 cm³/mol. The fourth-order valence-electron chi connectivity index (χ4n) is 2.05. The first-order valence-corrected chi connectivity index (χ1v) is 5.63. The van der Waals surface area contributed by atoms with Gasteiger partial charge in [0.1, 0.15) is 5.82 Å². The van der Waals surface area contributed by atoms with Gasteiger partial charge in [-0.1, -0.05) is 13.8 Å². The Morgan fingerprint density at radius 2 is 2.06 bits per heavy atom. The third-order valence-electron chi connectivity index (χ3n) is 3.41. The van der Waals surface area contributed by atoms with E-state index in [0.717, 1.165) is 18.7 Å². The average molecular weight is 219 g/mol. The topological polar surface area (TPSA) is 69.1 Å². The molecule has 0 bridgehead atoms. The number of hydrogen-bond acceptors (Lipinski definition) is 4. The van der Waals surface area contributed by atoms with Gasteiger partial charge >= 0.3 is 0 Å². The molecule has 0 fully saturated rings. The smallest absolute Gasteiger partial charge is 0.254 e. The van der Waals surface area contributed by atoms with Gasteiger partial charge < -0.3 is 5.73 Å². The molecule has 0 aliphatic rings. The molecule has 2 aromatic heterocycles. The lowest BCUT2D eigenvalue weighted by atomic mass is 9.81. The molecule has 2 heterocycles. The normalized spacial score (nSPS) is 12.2. The molecule has 5 nitrogen and oxygen atoms in total. The number of nitrogens with two attached hydrogens (primary N) is 1. The number of nitrogens with zero attached hydrogens (tertiary/aromatic N) is 4. The van der Waals surface area contributed by atoms with Crippen LogP contribution in [-0.2, 0) is 5.41 Å². The largest absolute Gasteiger partial charge is 0.329 e. The zero-order valence-electron chi connectivity index (χ0n) is 9.72. The van der Waals surface area contributed by atoms with Crippen molar-refractivity contribution in [3.05, 3.63) is 24.3 Å². The van der Waals surface area contributed by atoms with Crippen LogP contribution in [0.25, 0.3) is 5.78 Å². The Balaban J connectivity index is 2.61. The Labute approximate surface area is 94.7 Å². The molecule has 16 heavy (non-hydrogen) atoms. The summed E-state index contributed by atoms with van der Waals surface area (Å²) in [6, 6.07) is 1.88. The summed E-state index contributed by atoms with van der Waals surface area (Å²) in [6.07, 6.45) is 5.56. The Morgan fingerprint density at radius 1 is 1.31 bits per heavy atom. The third-order valence-corrected chi connectivity index (χ3v) is 3.41. The molecule has 2 rings (SSSR count). The average Bonchev–Trinajstić information content (AvgIpc) is 2.77. The van der Waals surface area contributed by atoms with Crippen molar-refractivity contribution in [2.45, 2.75) is 32.1 Å². The summed E-state index contributed by atoms with van der Waals surface area (Å²) in [6.45, 7) is 4.84. The van der Waals surface area contributed by atoms with Crippen molar-refractivity contribution >= 4 is 5.78 Å². The summed E-state index contributed by atoms with van der Waals surface area (Å²) < 4.78 is 1.93.